The predicted molar refractivity (Wildman–Crippen MR) is 94.5 cm³/mol. The van der Waals surface area contributed by atoms with Gasteiger partial charge in [0.25, 0.3) is 0 Å². The highest BCUT2D eigenvalue weighted by Crippen LogP contribution is 2.29. The zero-order valence-electron chi connectivity index (χ0n) is 13.4. The van der Waals surface area contributed by atoms with Crippen LogP contribution >= 0.6 is 0 Å². The second-order valence-electron chi connectivity index (χ2n) is 6.50. The molecule has 0 radical (unpaired) electrons. The molecule has 108 valence electrons. The normalized spacial score (nSPS) is 14.9. The van der Waals surface area contributed by atoms with Gasteiger partial charge in [0.1, 0.15) is 0 Å². The SMILES string of the molecule is CC1=CCC(c2c3c(ccc2=C(C)C)=c2ccccc2=C3)=C1. The van der Waals surface area contributed by atoms with Gasteiger partial charge in [0.15, 0.2) is 0 Å². The number of allylic oxidation sites excluding steroid dienone is 4. The van der Waals surface area contributed by atoms with Crippen LogP contribution in [0.4, 0.5) is 0 Å². The minimum absolute atomic E-state index is 1.05. The number of rotatable bonds is 1. The van der Waals surface area contributed by atoms with Crippen LogP contribution in [0.2, 0.25) is 0 Å². The second-order valence-corrected chi connectivity index (χ2v) is 6.50. The summed E-state index contributed by atoms with van der Waals surface area (Å²) in [7, 11) is 0. The maximum absolute atomic E-state index is 2.36. The van der Waals surface area contributed by atoms with E-state index in [1.165, 1.54) is 48.7 Å². The third-order valence-electron chi connectivity index (χ3n) is 4.70. The molecule has 0 heteroatoms. The van der Waals surface area contributed by atoms with E-state index < -0.39 is 0 Å². The first-order valence-corrected chi connectivity index (χ1v) is 7.94. The lowest BCUT2D eigenvalue weighted by Gasteiger charge is -2.10. The molecule has 0 amide bonds. The van der Waals surface area contributed by atoms with Crippen molar-refractivity contribution in [2.75, 3.05) is 0 Å². The van der Waals surface area contributed by atoms with Crippen LogP contribution in [-0.4, -0.2) is 0 Å². The molecule has 0 atom stereocenters. The fourth-order valence-electron chi connectivity index (χ4n) is 3.63. The van der Waals surface area contributed by atoms with Crippen molar-refractivity contribution < 1.29 is 0 Å². The van der Waals surface area contributed by atoms with Gasteiger partial charge in [-0.05, 0) is 70.8 Å². The van der Waals surface area contributed by atoms with Crippen molar-refractivity contribution in [3.63, 3.8) is 0 Å². The molecular weight excluding hydrogens is 264 g/mol. The van der Waals surface area contributed by atoms with Gasteiger partial charge in [-0.25, -0.2) is 0 Å². The van der Waals surface area contributed by atoms with Crippen molar-refractivity contribution in [1.29, 1.82) is 0 Å². The fourth-order valence-corrected chi connectivity index (χ4v) is 3.63. The van der Waals surface area contributed by atoms with Gasteiger partial charge in [-0.15, -0.1) is 0 Å². The Kier molecular flexibility index (Phi) is 2.94. The van der Waals surface area contributed by atoms with Crippen LogP contribution in [0.3, 0.4) is 0 Å². The molecule has 0 saturated carbocycles. The molecule has 0 bridgehead atoms. The van der Waals surface area contributed by atoms with Gasteiger partial charge in [0.05, 0.1) is 0 Å². The molecule has 2 aliphatic carbocycles. The first-order valence-electron chi connectivity index (χ1n) is 7.94. The molecule has 0 fully saturated rings. The maximum Gasteiger partial charge on any atom is -0.00703 e. The van der Waals surface area contributed by atoms with E-state index in [1.807, 2.05) is 0 Å². The molecule has 0 aliphatic heterocycles. The summed E-state index contributed by atoms with van der Waals surface area (Å²) in [5.74, 6) is 0. The van der Waals surface area contributed by atoms with Gasteiger partial charge in [0, 0.05) is 0 Å². The molecule has 0 saturated heterocycles. The van der Waals surface area contributed by atoms with Gasteiger partial charge in [-0.1, -0.05) is 59.7 Å². The van der Waals surface area contributed by atoms with Gasteiger partial charge in [0.2, 0.25) is 0 Å². The Morgan fingerprint density at radius 3 is 2.45 bits per heavy atom. The minimum Gasteiger partial charge on any atom is -0.0772 e. The minimum atomic E-state index is 1.05. The van der Waals surface area contributed by atoms with Crippen LogP contribution in [0.1, 0.15) is 38.3 Å². The summed E-state index contributed by atoms with van der Waals surface area (Å²) in [5.41, 5.74) is 7.04. The largest absolute Gasteiger partial charge is 0.0772 e. The molecule has 4 rings (SSSR count). The monoisotopic (exact) mass is 284 g/mol. The Labute approximate surface area is 131 Å². The molecule has 0 unspecified atom stereocenters. The van der Waals surface area contributed by atoms with Crippen molar-refractivity contribution >= 4 is 17.2 Å². The third kappa shape index (κ3) is 1.91. The van der Waals surface area contributed by atoms with Crippen LogP contribution in [0.15, 0.2) is 54.1 Å². The molecule has 0 N–H and O–H groups in total. The van der Waals surface area contributed by atoms with Gasteiger partial charge >= 0.3 is 0 Å². The maximum atomic E-state index is 2.36. The summed E-state index contributed by atoms with van der Waals surface area (Å²) in [6.07, 6.45) is 8.08. The lowest BCUT2D eigenvalue weighted by molar-refractivity contribution is 1.34. The quantitative estimate of drug-likeness (QED) is 0.632. The first kappa shape index (κ1) is 13.3. The standard InChI is InChI=1S/C22H20/c1-14(2)18-10-11-20-19-7-5-4-6-16(19)13-21(20)22(18)17-9-8-15(3)12-17/h4-8,10-13H,9H2,1-3H3. The van der Waals surface area contributed by atoms with E-state index >= 15 is 0 Å². The van der Waals surface area contributed by atoms with Crippen LogP contribution in [0.25, 0.3) is 17.2 Å². The topological polar surface area (TPSA) is 0 Å². The van der Waals surface area contributed by atoms with Crippen molar-refractivity contribution in [3.05, 3.63) is 86.1 Å². The summed E-state index contributed by atoms with van der Waals surface area (Å²) >= 11 is 0. The molecule has 2 aromatic rings. The molecule has 0 heterocycles. The number of hydrogen-bond donors (Lipinski definition) is 0. The number of benzene rings is 2. The number of hydrogen-bond acceptors (Lipinski definition) is 0. The Morgan fingerprint density at radius 1 is 0.909 bits per heavy atom. The van der Waals surface area contributed by atoms with Gasteiger partial charge in [-0.3, -0.25) is 0 Å². The molecule has 0 aromatic heterocycles. The zero-order valence-corrected chi connectivity index (χ0v) is 13.4. The van der Waals surface area contributed by atoms with Crippen molar-refractivity contribution in [1.82, 2.24) is 0 Å². The van der Waals surface area contributed by atoms with E-state index in [2.05, 4.69) is 75.4 Å². The summed E-state index contributed by atoms with van der Waals surface area (Å²) in [6, 6.07) is 13.3. The van der Waals surface area contributed by atoms with Crippen LogP contribution in [0, 0.1) is 10.4 Å². The summed E-state index contributed by atoms with van der Waals surface area (Å²) in [6.45, 7) is 6.61. The van der Waals surface area contributed by atoms with Crippen LogP contribution in [-0.2, 0) is 0 Å². The highest BCUT2D eigenvalue weighted by molar-refractivity contribution is 5.81. The van der Waals surface area contributed by atoms with E-state index in [1.54, 1.807) is 0 Å². The van der Waals surface area contributed by atoms with E-state index in [9.17, 15) is 0 Å². The Morgan fingerprint density at radius 2 is 1.73 bits per heavy atom. The van der Waals surface area contributed by atoms with Gasteiger partial charge < -0.3 is 0 Å². The summed E-state index contributed by atoms with van der Waals surface area (Å²) in [4.78, 5) is 0. The molecule has 22 heavy (non-hydrogen) atoms. The lowest BCUT2D eigenvalue weighted by Crippen LogP contribution is -2.12. The van der Waals surface area contributed by atoms with E-state index in [-0.39, 0.29) is 0 Å². The predicted octanol–water partition coefficient (Wildman–Crippen LogP) is 4.04. The van der Waals surface area contributed by atoms with E-state index in [0.29, 0.717) is 0 Å². The summed E-state index contributed by atoms with van der Waals surface area (Å²) < 4.78 is 0. The van der Waals surface area contributed by atoms with Crippen molar-refractivity contribution in [2.24, 2.45) is 0 Å². The second kappa shape index (κ2) is 4.84. The van der Waals surface area contributed by atoms with Gasteiger partial charge in [-0.2, -0.15) is 0 Å². The smallest absolute Gasteiger partial charge is 0.00703 e. The number of fused-ring (bicyclic) bond motifs is 2. The molecule has 2 aromatic carbocycles. The molecule has 0 spiro atoms. The highest BCUT2D eigenvalue weighted by Gasteiger charge is 2.15. The van der Waals surface area contributed by atoms with Crippen molar-refractivity contribution in [2.45, 2.75) is 27.2 Å². The average molecular weight is 284 g/mol. The van der Waals surface area contributed by atoms with Crippen molar-refractivity contribution in [3.8, 4) is 0 Å². The Hall–Kier alpha value is -2.34. The van der Waals surface area contributed by atoms with E-state index in [0.717, 1.165) is 6.42 Å². The van der Waals surface area contributed by atoms with E-state index in [4.69, 9.17) is 0 Å². The molecule has 2 aliphatic rings. The average Bonchev–Trinajstić information content (AvgIpc) is 3.09. The Balaban J connectivity index is 2.17. The Bertz CT molecular complexity index is 1060. The molecule has 0 nitrogen and oxygen atoms in total. The lowest BCUT2D eigenvalue weighted by atomic mass is 9.94. The zero-order chi connectivity index (χ0) is 15.3. The van der Waals surface area contributed by atoms with Crippen LogP contribution < -0.4 is 10.4 Å². The molecular formula is C22H20. The van der Waals surface area contributed by atoms with Crippen LogP contribution in [0.5, 0.6) is 0 Å². The highest BCUT2D eigenvalue weighted by atomic mass is 14.2. The summed E-state index contributed by atoms with van der Waals surface area (Å²) in [5, 5.41) is 5.47. The fraction of sp³-hybridized carbons (Fsp3) is 0.182. The first-order chi connectivity index (χ1) is 10.6. The third-order valence-corrected chi connectivity index (χ3v) is 4.70.